The highest BCUT2D eigenvalue weighted by atomic mass is 16.5. The largest absolute Gasteiger partial charge is 0.384 e. The zero-order valence-corrected chi connectivity index (χ0v) is 20.6. The first-order chi connectivity index (χ1) is 17.7. The second-order valence-electron chi connectivity index (χ2n) is 9.20. The van der Waals surface area contributed by atoms with Crippen molar-refractivity contribution in [1.29, 1.82) is 5.41 Å². The molecule has 2 aliphatic rings. The number of benzene rings is 2. The third-order valence-corrected chi connectivity index (χ3v) is 6.76. The van der Waals surface area contributed by atoms with E-state index < -0.39 is 24.0 Å². The van der Waals surface area contributed by atoms with Crippen LogP contribution in [0.1, 0.15) is 35.7 Å². The molecule has 2 heterocycles. The number of hydrogen-bond donors (Lipinski definition) is 4. The first kappa shape index (κ1) is 26.1. The molecule has 0 radical (unpaired) electrons. The molecule has 5 N–H and O–H groups in total. The summed E-state index contributed by atoms with van der Waals surface area (Å²) >= 11 is 0. The topological polar surface area (TPSA) is 149 Å². The number of morpholine rings is 1. The summed E-state index contributed by atoms with van der Waals surface area (Å²) in [5.41, 5.74) is 7.22. The highest BCUT2D eigenvalue weighted by Gasteiger charge is 2.40. The molecule has 2 aromatic rings. The lowest BCUT2D eigenvalue weighted by Gasteiger charge is -2.34. The van der Waals surface area contributed by atoms with Gasteiger partial charge in [0.2, 0.25) is 0 Å². The molecular weight excluding hydrogens is 474 g/mol. The van der Waals surface area contributed by atoms with Gasteiger partial charge >= 0.3 is 0 Å². The van der Waals surface area contributed by atoms with E-state index in [9.17, 15) is 19.5 Å². The van der Waals surface area contributed by atoms with Crippen molar-refractivity contribution in [2.24, 2.45) is 5.73 Å². The number of carbonyl (C=O) groups excluding carboxylic acids is 3. The summed E-state index contributed by atoms with van der Waals surface area (Å²) in [5.74, 6) is -1.63. The number of nitrogens with two attached hydrogens (primary N) is 1. The highest BCUT2D eigenvalue weighted by Crippen LogP contribution is 2.28. The molecule has 10 nitrogen and oxygen atoms in total. The number of amidine groups is 1. The lowest BCUT2D eigenvalue weighted by atomic mass is 10.1. The van der Waals surface area contributed by atoms with Crippen LogP contribution in [0.5, 0.6) is 0 Å². The van der Waals surface area contributed by atoms with Gasteiger partial charge in [0.1, 0.15) is 5.84 Å². The number of amides is 3. The second-order valence-corrected chi connectivity index (χ2v) is 9.20. The Morgan fingerprint density at radius 3 is 2.62 bits per heavy atom. The summed E-state index contributed by atoms with van der Waals surface area (Å²) in [4.78, 5) is 42.4. The quantitative estimate of drug-likeness (QED) is 0.256. The van der Waals surface area contributed by atoms with Crippen molar-refractivity contribution >= 4 is 34.9 Å². The molecule has 2 saturated heterocycles. The number of rotatable bonds is 7. The third-order valence-electron chi connectivity index (χ3n) is 6.76. The van der Waals surface area contributed by atoms with E-state index in [-0.39, 0.29) is 37.0 Å². The van der Waals surface area contributed by atoms with Gasteiger partial charge in [0.25, 0.3) is 17.7 Å². The van der Waals surface area contributed by atoms with Gasteiger partial charge < -0.3 is 30.7 Å². The summed E-state index contributed by atoms with van der Waals surface area (Å²) in [5, 5.41) is 20.6. The van der Waals surface area contributed by atoms with E-state index in [0.29, 0.717) is 22.5 Å². The van der Waals surface area contributed by atoms with E-state index >= 15 is 0 Å². The van der Waals surface area contributed by atoms with Crippen LogP contribution < -0.4 is 16.0 Å². The van der Waals surface area contributed by atoms with E-state index in [0.717, 1.165) is 12.8 Å². The number of nitrogens with one attached hydrogen (secondary N) is 2. The minimum absolute atomic E-state index is 0.0344. The fourth-order valence-corrected chi connectivity index (χ4v) is 4.73. The van der Waals surface area contributed by atoms with Crippen molar-refractivity contribution in [2.45, 2.75) is 44.1 Å². The van der Waals surface area contributed by atoms with Crippen molar-refractivity contribution in [3.63, 3.8) is 0 Å². The SMILES string of the molecule is C=CC1CCC(C)N1C(=O)c1cccc(N2CCOC(C(O)C(=O)Nc3ccc(C(=N)N)cc3)C2=O)c1. The first-order valence-corrected chi connectivity index (χ1v) is 12.1. The van der Waals surface area contributed by atoms with Crippen molar-refractivity contribution in [3.8, 4) is 0 Å². The van der Waals surface area contributed by atoms with Gasteiger partial charge in [0.15, 0.2) is 12.2 Å². The number of carbonyl (C=O) groups is 3. The minimum atomic E-state index is -1.76. The maximum atomic E-state index is 13.3. The van der Waals surface area contributed by atoms with Gasteiger partial charge in [-0.3, -0.25) is 19.8 Å². The zero-order chi connectivity index (χ0) is 26.7. The fraction of sp³-hybridized carbons (Fsp3) is 0.333. The van der Waals surface area contributed by atoms with Gasteiger partial charge in [-0.15, -0.1) is 6.58 Å². The van der Waals surface area contributed by atoms with Gasteiger partial charge in [-0.1, -0.05) is 12.1 Å². The van der Waals surface area contributed by atoms with E-state index in [1.54, 1.807) is 42.5 Å². The van der Waals surface area contributed by atoms with E-state index in [4.69, 9.17) is 15.9 Å². The zero-order valence-electron chi connectivity index (χ0n) is 20.6. The Morgan fingerprint density at radius 1 is 1.22 bits per heavy atom. The molecule has 0 spiro atoms. The normalized spacial score (nSPS) is 22.4. The van der Waals surface area contributed by atoms with Crippen LogP contribution >= 0.6 is 0 Å². The molecule has 10 heteroatoms. The van der Waals surface area contributed by atoms with Crippen molar-refractivity contribution < 1.29 is 24.2 Å². The van der Waals surface area contributed by atoms with Gasteiger partial charge in [0.05, 0.1) is 12.6 Å². The summed E-state index contributed by atoms with van der Waals surface area (Å²) in [7, 11) is 0. The average molecular weight is 506 g/mol. The van der Waals surface area contributed by atoms with E-state index in [1.807, 2.05) is 11.8 Å². The predicted octanol–water partition coefficient (Wildman–Crippen LogP) is 1.88. The number of ether oxygens (including phenoxy) is 1. The highest BCUT2D eigenvalue weighted by molar-refractivity contribution is 6.05. The molecule has 4 atom stereocenters. The van der Waals surface area contributed by atoms with Gasteiger partial charge in [-0.05, 0) is 62.2 Å². The Balaban J connectivity index is 1.47. The molecule has 0 aromatic heterocycles. The number of anilines is 2. The predicted molar refractivity (Wildman–Crippen MR) is 139 cm³/mol. The Hall–Kier alpha value is -4.02. The number of nitrogens with zero attached hydrogens (tertiary/aromatic N) is 2. The number of aliphatic hydroxyl groups is 1. The fourth-order valence-electron chi connectivity index (χ4n) is 4.73. The number of hydrogen-bond acceptors (Lipinski definition) is 6. The van der Waals surface area contributed by atoms with Crippen LogP contribution in [0.4, 0.5) is 11.4 Å². The van der Waals surface area contributed by atoms with Crippen LogP contribution in [-0.4, -0.2) is 71.0 Å². The van der Waals surface area contributed by atoms with Crippen LogP contribution in [0, 0.1) is 5.41 Å². The van der Waals surface area contributed by atoms with Gasteiger partial charge in [-0.25, -0.2) is 0 Å². The number of likely N-dealkylation sites (tertiary alicyclic amines) is 1. The van der Waals surface area contributed by atoms with E-state index in [1.165, 1.54) is 17.0 Å². The molecule has 0 saturated carbocycles. The summed E-state index contributed by atoms with van der Waals surface area (Å²) < 4.78 is 5.48. The van der Waals surface area contributed by atoms with Crippen LogP contribution in [0.3, 0.4) is 0 Å². The third kappa shape index (κ3) is 5.40. The lowest BCUT2D eigenvalue weighted by Crippen LogP contribution is -2.55. The molecule has 2 fully saturated rings. The van der Waals surface area contributed by atoms with Crippen LogP contribution in [0.15, 0.2) is 61.2 Å². The lowest BCUT2D eigenvalue weighted by molar-refractivity contribution is -0.150. The van der Waals surface area contributed by atoms with Crippen molar-refractivity contribution in [2.75, 3.05) is 23.4 Å². The summed E-state index contributed by atoms with van der Waals surface area (Å²) in [6.07, 6.45) is 0.373. The maximum Gasteiger partial charge on any atom is 0.259 e. The van der Waals surface area contributed by atoms with Crippen molar-refractivity contribution in [3.05, 3.63) is 72.3 Å². The number of aliphatic hydroxyl groups excluding tert-OH is 1. The van der Waals surface area contributed by atoms with Crippen molar-refractivity contribution in [1.82, 2.24) is 4.90 Å². The molecule has 3 amide bonds. The maximum absolute atomic E-state index is 13.3. The average Bonchev–Trinajstić information content (AvgIpc) is 3.28. The molecule has 4 rings (SSSR count). The Kier molecular flexibility index (Phi) is 7.70. The standard InChI is InChI=1S/C27H31N5O5/c1-3-20-12-7-16(2)32(20)26(35)18-5-4-6-21(15-18)31-13-14-37-23(27(31)36)22(33)25(34)30-19-10-8-17(9-11-19)24(28)29/h3-6,8-11,15-16,20,22-23,33H,1,7,12-14H2,2H3,(H3,28,29)(H,30,34). The Bertz CT molecular complexity index is 1210. The molecule has 37 heavy (non-hydrogen) atoms. The molecule has 0 bridgehead atoms. The van der Waals surface area contributed by atoms with Gasteiger partial charge in [-0.2, -0.15) is 0 Å². The Labute approximate surface area is 215 Å². The molecular formula is C27H31N5O5. The Morgan fingerprint density at radius 2 is 1.95 bits per heavy atom. The second kappa shape index (κ2) is 10.9. The summed E-state index contributed by atoms with van der Waals surface area (Å²) in [6, 6.07) is 13.0. The monoisotopic (exact) mass is 505 g/mol. The molecule has 194 valence electrons. The molecule has 4 unspecified atom stereocenters. The van der Waals surface area contributed by atoms with Crippen LogP contribution in [0.25, 0.3) is 0 Å². The first-order valence-electron chi connectivity index (χ1n) is 12.1. The number of nitrogen functional groups attached to an aromatic ring is 1. The molecule has 2 aliphatic heterocycles. The van der Waals surface area contributed by atoms with Crippen LogP contribution in [0.2, 0.25) is 0 Å². The van der Waals surface area contributed by atoms with E-state index in [2.05, 4.69) is 11.9 Å². The summed E-state index contributed by atoms with van der Waals surface area (Å²) in [6.45, 7) is 6.17. The smallest absolute Gasteiger partial charge is 0.259 e. The van der Waals surface area contributed by atoms with Crippen LogP contribution in [-0.2, 0) is 14.3 Å². The van der Waals surface area contributed by atoms with Gasteiger partial charge in [0, 0.05) is 35.1 Å². The molecule has 2 aromatic carbocycles. The molecule has 0 aliphatic carbocycles. The minimum Gasteiger partial charge on any atom is -0.384 e.